The van der Waals surface area contributed by atoms with Crippen molar-refractivity contribution in [1.29, 1.82) is 0 Å². The molecule has 0 aliphatic rings. The molecular formula is C30H25ClN7O4S-. The molecule has 0 saturated carbocycles. The van der Waals surface area contributed by atoms with Gasteiger partial charge in [-0.05, 0) is 54.8 Å². The smallest absolute Gasteiger partial charge is 0.264 e. The summed E-state index contributed by atoms with van der Waals surface area (Å²) in [6.07, 6.45) is 1.36. The highest BCUT2D eigenvalue weighted by Gasteiger charge is 2.25. The first-order valence-electron chi connectivity index (χ1n) is 13.2. The average molecular weight is 615 g/mol. The first-order valence-corrected chi connectivity index (χ1v) is 14.6. The molecule has 0 saturated heterocycles. The van der Waals surface area contributed by atoms with Crippen LogP contribution in [0.5, 0.6) is 5.75 Å². The van der Waals surface area contributed by atoms with Gasteiger partial charge in [-0.25, -0.2) is 19.4 Å². The van der Waals surface area contributed by atoms with Gasteiger partial charge in [-0.3, -0.25) is 13.6 Å². The van der Waals surface area contributed by atoms with Crippen molar-refractivity contribution in [3.8, 4) is 22.7 Å². The summed E-state index contributed by atoms with van der Waals surface area (Å²) in [5, 5.41) is 6.95. The van der Waals surface area contributed by atoms with Crippen molar-refractivity contribution >= 4 is 50.5 Å². The number of nitrogens with two attached hydrogens (primary N) is 1. The Kier molecular flexibility index (Phi) is 7.67. The van der Waals surface area contributed by atoms with E-state index in [-0.39, 0.29) is 17.9 Å². The maximum atomic E-state index is 14.0. The number of nitrogens with one attached hydrogen (secondary N) is 1. The van der Waals surface area contributed by atoms with E-state index in [0.717, 1.165) is 0 Å². The van der Waals surface area contributed by atoms with Crippen LogP contribution in [0.25, 0.3) is 38.8 Å². The minimum Gasteiger partial charge on any atom is -0.760 e. The zero-order valence-corrected chi connectivity index (χ0v) is 24.6. The van der Waals surface area contributed by atoms with Crippen LogP contribution < -0.4 is 20.8 Å². The molecule has 6 rings (SSSR count). The van der Waals surface area contributed by atoms with E-state index >= 15 is 0 Å². The minimum absolute atomic E-state index is 0.0111. The lowest BCUT2D eigenvalue weighted by Crippen LogP contribution is -2.26. The summed E-state index contributed by atoms with van der Waals surface area (Å²) in [6.45, 7) is 1.93. The number of nitrogens with zero attached hydrogens (tertiary/aromatic N) is 5. The third-order valence-electron chi connectivity index (χ3n) is 7.29. The summed E-state index contributed by atoms with van der Waals surface area (Å²) in [6, 6.07) is 21.4. The highest BCUT2D eigenvalue weighted by atomic mass is 35.5. The van der Waals surface area contributed by atoms with E-state index in [0.29, 0.717) is 60.8 Å². The van der Waals surface area contributed by atoms with E-state index in [2.05, 4.69) is 14.7 Å². The Morgan fingerprint density at radius 3 is 2.60 bits per heavy atom. The van der Waals surface area contributed by atoms with Crippen molar-refractivity contribution in [2.45, 2.75) is 19.5 Å². The Morgan fingerprint density at radius 2 is 1.86 bits per heavy atom. The molecule has 3 heterocycles. The van der Waals surface area contributed by atoms with Crippen LogP contribution in [-0.2, 0) is 17.8 Å². The van der Waals surface area contributed by atoms with Crippen LogP contribution in [0.15, 0.2) is 83.9 Å². The molecule has 0 amide bonds. The van der Waals surface area contributed by atoms with E-state index < -0.39 is 17.3 Å². The first-order chi connectivity index (χ1) is 20.8. The van der Waals surface area contributed by atoms with Crippen LogP contribution in [0.4, 0.5) is 5.82 Å². The lowest BCUT2D eigenvalue weighted by Gasteiger charge is -2.21. The van der Waals surface area contributed by atoms with Gasteiger partial charge in [0, 0.05) is 34.6 Å². The first kappa shape index (κ1) is 28.5. The Balaban J connectivity index is 1.58. The van der Waals surface area contributed by atoms with Gasteiger partial charge in [-0.1, -0.05) is 41.9 Å². The third-order valence-corrected chi connectivity index (χ3v) is 7.98. The second kappa shape index (κ2) is 11.6. The minimum atomic E-state index is -2.46. The number of methoxy groups -OCH3 is 1. The number of nitrogen functional groups attached to an aromatic ring is 1. The second-order valence-corrected chi connectivity index (χ2v) is 10.9. The number of benzene rings is 3. The van der Waals surface area contributed by atoms with E-state index in [1.165, 1.54) is 13.4 Å². The van der Waals surface area contributed by atoms with Crippen LogP contribution in [0.3, 0.4) is 0 Å². The van der Waals surface area contributed by atoms with Gasteiger partial charge in [-0.15, -0.1) is 0 Å². The van der Waals surface area contributed by atoms with E-state index in [4.69, 9.17) is 27.2 Å². The summed E-state index contributed by atoms with van der Waals surface area (Å²) >= 11 is 4.04. The number of hydrogen-bond acceptors (Lipinski definition) is 8. The van der Waals surface area contributed by atoms with Gasteiger partial charge in [-0.2, -0.15) is 5.10 Å². The topological polar surface area (TPSA) is 153 Å². The average Bonchev–Trinajstić information content (AvgIpc) is 3.40. The fourth-order valence-corrected chi connectivity index (χ4v) is 5.82. The largest absolute Gasteiger partial charge is 0.760 e. The summed E-state index contributed by atoms with van der Waals surface area (Å²) in [7, 11) is 1.51. The summed E-state index contributed by atoms with van der Waals surface area (Å²) in [5.41, 5.74) is 9.64. The quantitative estimate of drug-likeness (QED) is 0.237. The van der Waals surface area contributed by atoms with Gasteiger partial charge in [0.05, 0.1) is 34.6 Å². The van der Waals surface area contributed by atoms with Gasteiger partial charge in [0.2, 0.25) is 0 Å². The molecular weight excluding hydrogens is 590 g/mol. The van der Waals surface area contributed by atoms with Crippen molar-refractivity contribution in [2.75, 3.05) is 12.8 Å². The number of fused-ring (bicyclic) bond motifs is 2. The van der Waals surface area contributed by atoms with Crippen LogP contribution in [-0.4, -0.2) is 40.2 Å². The molecule has 0 aliphatic carbocycles. The predicted molar refractivity (Wildman–Crippen MR) is 166 cm³/mol. The molecule has 3 aromatic heterocycles. The van der Waals surface area contributed by atoms with Crippen LogP contribution in [0.2, 0.25) is 5.02 Å². The molecule has 0 fully saturated rings. The van der Waals surface area contributed by atoms with Gasteiger partial charge < -0.3 is 15.0 Å². The zero-order valence-electron chi connectivity index (χ0n) is 23.0. The molecule has 218 valence electrons. The molecule has 0 bridgehead atoms. The molecule has 13 heteroatoms. The molecule has 2 unspecified atom stereocenters. The molecule has 2 atom stereocenters. The fraction of sp³-hybridized carbons (Fsp3) is 0.133. The van der Waals surface area contributed by atoms with E-state index in [1.54, 1.807) is 39.6 Å². The number of aromatic nitrogens is 5. The molecule has 43 heavy (non-hydrogen) atoms. The SMILES string of the molecule is COc1ccc(-c2nn(C(C)c3cc4cccc(Cl)c4c(=O)n3-c3ccccc3)c3ncnc(N)c23)cc1CNS(=O)[O-]. The maximum Gasteiger partial charge on any atom is 0.264 e. The number of pyridine rings is 1. The van der Waals surface area contributed by atoms with Gasteiger partial charge in [0.25, 0.3) is 5.56 Å². The highest BCUT2D eigenvalue weighted by Crippen LogP contribution is 2.36. The standard InChI is InChI=1S/C30H26ClN7O4S/c1-17(23-14-18-7-6-10-22(31)25(18)30(39)37(23)21-8-4-3-5-9-21)38-29-26(28(32)33-16-34-29)27(36-38)19-11-12-24(42-2)20(13-19)15-35-43(40)41/h3-14,16-17,35H,15H2,1-2H3,(H,40,41)(H2,32,33,34)/p-1. The molecule has 11 nitrogen and oxygen atoms in total. The zero-order chi connectivity index (χ0) is 30.2. The number of ether oxygens (including phenoxy) is 1. The van der Waals surface area contributed by atoms with Crippen molar-refractivity contribution in [2.24, 2.45) is 0 Å². The second-order valence-electron chi connectivity index (χ2n) is 9.76. The van der Waals surface area contributed by atoms with Gasteiger partial charge in [0.15, 0.2) is 5.65 Å². The number of anilines is 1. The van der Waals surface area contributed by atoms with Gasteiger partial charge in [0.1, 0.15) is 23.6 Å². The summed E-state index contributed by atoms with van der Waals surface area (Å²) in [5.74, 6) is 0.727. The van der Waals surface area contributed by atoms with Crippen LogP contribution >= 0.6 is 11.6 Å². The number of hydrogen-bond donors (Lipinski definition) is 2. The Bertz CT molecular complexity index is 2080. The van der Waals surface area contributed by atoms with E-state index in [9.17, 15) is 13.6 Å². The molecule has 6 aromatic rings. The monoisotopic (exact) mass is 614 g/mol. The lowest BCUT2D eigenvalue weighted by molar-refractivity contribution is 0.409. The summed E-state index contributed by atoms with van der Waals surface area (Å²) < 4.78 is 33.5. The molecule has 0 radical (unpaired) electrons. The Hall–Kier alpha value is -4.62. The molecule has 3 aromatic carbocycles. The highest BCUT2D eigenvalue weighted by molar-refractivity contribution is 7.77. The van der Waals surface area contributed by atoms with E-state index in [1.807, 2.05) is 49.4 Å². The normalized spacial score (nSPS) is 12.9. The molecule has 0 spiro atoms. The molecule has 0 aliphatic heterocycles. The maximum absolute atomic E-state index is 14.0. The third kappa shape index (κ3) is 5.14. The van der Waals surface area contributed by atoms with Crippen LogP contribution in [0, 0.1) is 0 Å². The van der Waals surface area contributed by atoms with Crippen molar-refractivity contribution in [3.05, 3.63) is 106 Å². The molecule has 3 N–H and O–H groups in total. The van der Waals surface area contributed by atoms with Crippen LogP contribution in [0.1, 0.15) is 24.2 Å². The predicted octanol–water partition coefficient (Wildman–Crippen LogP) is 4.53. The Labute approximate surface area is 253 Å². The van der Waals surface area contributed by atoms with Gasteiger partial charge >= 0.3 is 0 Å². The van der Waals surface area contributed by atoms with Crippen molar-refractivity contribution < 1.29 is 13.5 Å². The number of rotatable bonds is 8. The van der Waals surface area contributed by atoms with Crippen molar-refractivity contribution in [1.82, 2.24) is 29.0 Å². The number of halogens is 1. The fourth-order valence-electron chi connectivity index (χ4n) is 5.28. The Morgan fingerprint density at radius 1 is 1.07 bits per heavy atom. The lowest BCUT2D eigenvalue weighted by atomic mass is 10.1. The summed E-state index contributed by atoms with van der Waals surface area (Å²) in [4.78, 5) is 22.7. The number of para-hydroxylation sites is 1. The van der Waals surface area contributed by atoms with Crippen molar-refractivity contribution in [3.63, 3.8) is 0 Å².